The van der Waals surface area contributed by atoms with Crippen LogP contribution >= 0.6 is 0 Å². The number of H-pyrrole nitrogens is 1. The molecule has 0 bridgehead atoms. The summed E-state index contributed by atoms with van der Waals surface area (Å²) in [5, 5.41) is 18.2. The highest BCUT2D eigenvalue weighted by molar-refractivity contribution is 5.90. The van der Waals surface area contributed by atoms with Gasteiger partial charge in [0.1, 0.15) is 0 Å². The number of hydrogen-bond donors (Lipinski definition) is 4. The summed E-state index contributed by atoms with van der Waals surface area (Å²) < 4.78 is 0. The molecule has 0 aromatic carbocycles. The van der Waals surface area contributed by atoms with E-state index in [1.165, 1.54) is 0 Å². The molecule has 7 heteroatoms. The van der Waals surface area contributed by atoms with Gasteiger partial charge in [0.2, 0.25) is 11.8 Å². The molecule has 1 amide bonds. The van der Waals surface area contributed by atoms with E-state index < -0.39 is 0 Å². The number of amides is 1. The highest BCUT2D eigenvalue weighted by atomic mass is 16.3. The van der Waals surface area contributed by atoms with Crippen molar-refractivity contribution < 1.29 is 9.90 Å². The largest absolute Gasteiger partial charge is 0.393 e. The molecule has 5 N–H and O–H groups in total. The van der Waals surface area contributed by atoms with Crippen molar-refractivity contribution in [1.82, 2.24) is 20.5 Å². The molecule has 1 fully saturated rings. The predicted octanol–water partition coefficient (Wildman–Crippen LogP) is -0.332. The summed E-state index contributed by atoms with van der Waals surface area (Å²) in [6, 6.07) is 0. The third-order valence-electron chi connectivity index (χ3n) is 3.09. The molecule has 0 saturated heterocycles. The van der Waals surface area contributed by atoms with Crippen LogP contribution in [0.2, 0.25) is 0 Å². The highest BCUT2D eigenvalue weighted by Crippen LogP contribution is 2.23. The van der Waals surface area contributed by atoms with Gasteiger partial charge in [-0.25, -0.2) is 0 Å². The van der Waals surface area contributed by atoms with Crippen LogP contribution < -0.4 is 11.1 Å². The van der Waals surface area contributed by atoms with Gasteiger partial charge in [0.25, 0.3) is 5.91 Å². The lowest BCUT2D eigenvalue weighted by molar-refractivity contribution is 0.0901. The zero-order valence-electron chi connectivity index (χ0n) is 9.52. The van der Waals surface area contributed by atoms with Crippen molar-refractivity contribution in [2.45, 2.75) is 31.8 Å². The Morgan fingerprint density at radius 3 is 2.76 bits per heavy atom. The fourth-order valence-corrected chi connectivity index (χ4v) is 2.05. The van der Waals surface area contributed by atoms with Crippen LogP contribution in [0.1, 0.15) is 36.3 Å². The number of aromatic nitrogens is 3. The normalized spacial score (nSPS) is 24.5. The molecule has 0 unspecified atom stereocenters. The number of carbonyl (C=O) groups is 1. The molecule has 7 nitrogen and oxygen atoms in total. The maximum Gasteiger partial charge on any atom is 0.288 e. The van der Waals surface area contributed by atoms with Gasteiger partial charge in [-0.1, -0.05) is 0 Å². The van der Waals surface area contributed by atoms with E-state index in [2.05, 4.69) is 20.5 Å². The van der Waals surface area contributed by atoms with Crippen molar-refractivity contribution >= 4 is 11.9 Å². The minimum atomic E-state index is -0.291. The summed E-state index contributed by atoms with van der Waals surface area (Å²) in [6.45, 7) is 0.603. The summed E-state index contributed by atoms with van der Waals surface area (Å²) in [7, 11) is 0. The van der Waals surface area contributed by atoms with E-state index in [1.54, 1.807) is 0 Å². The first kappa shape index (κ1) is 11.8. The molecule has 1 aliphatic carbocycles. The molecule has 17 heavy (non-hydrogen) atoms. The molecule has 94 valence electrons. The van der Waals surface area contributed by atoms with Crippen LogP contribution in [0.15, 0.2) is 0 Å². The van der Waals surface area contributed by atoms with Gasteiger partial charge in [-0.3, -0.25) is 9.89 Å². The molecular weight excluding hydrogens is 222 g/mol. The van der Waals surface area contributed by atoms with Crippen LogP contribution in [-0.4, -0.2) is 38.8 Å². The Morgan fingerprint density at radius 2 is 2.18 bits per heavy atom. The van der Waals surface area contributed by atoms with Gasteiger partial charge >= 0.3 is 0 Å². The molecule has 1 aromatic rings. The molecule has 1 aromatic heterocycles. The first-order chi connectivity index (χ1) is 8.15. The Hall–Kier alpha value is -1.63. The number of anilines is 1. The van der Waals surface area contributed by atoms with Gasteiger partial charge in [0, 0.05) is 6.54 Å². The topological polar surface area (TPSA) is 117 Å². The monoisotopic (exact) mass is 239 g/mol. The molecule has 0 radical (unpaired) electrons. The molecule has 0 spiro atoms. The number of rotatable bonds is 3. The van der Waals surface area contributed by atoms with Crippen LogP contribution in [-0.2, 0) is 0 Å². The first-order valence-corrected chi connectivity index (χ1v) is 5.79. The Labute approximate surface area is 98.8 Å². The molecule has 0 aliphatic heterocycles. The Morgan fingerprint density at radius 1 is 1.47 bits per heavy atom. The van der Waals surface area contributed by atoms with Crippen LogP contribution in [0.25, 0.3) is 0 Å². The van der Waals surface area contributed by atoms with Crippen LogP contribution in [0.4, 0.5) is 5.95 Å². The van der Waals surface area contributed by atoms with E-state index in [1.807, 2.05) is 0 Å². The number of hydrogen-bond acceptors (Lipinski definition) is 5. The van der Waals surface area contributed by atoms with Crippen LogP contribution in [0, 0.1) is 5.92 Å². The van der Waals surface area contributed by atoms with E-state index in [9.17, 15) is 9.90 Å². The maximum atomic E-state index is 11.6. The summed E-state index contributed by atoms with van der Waals surface area (Å²) >= 11 is 0. The number of aliphatic hydroxyl groups excluding tert-OH is 1. The summed E-state index contributed by atoms with van der Waals surface area (Å²) in [5.74, 6) is 0.345. The predicted molar refractivity (Wildman–Crippen MR) is 61.1 cm³/mol. The second-order valence-electron chi connectivity index (χ2n) is 4.43. The lowest BCUT2D eigenvalue weighted by Crippen LogP contribution is -2.32. The van der Waals surface area contributed by atoms with E-state index in [0.717, 1.165) is 25.7 Å². The van der Waals surface area contributed by atoms with Crippen molar-refractivity contribution in [3.05, 3.63) is 5.82 Å². The van der Waals surface area contributed by atoms with Gasteiger partial charge in [-0.05, 0) is 31.6 Å². The first-order valence-electron chi connectivity index (χ1n) is 5.79. The Bertz CT molecular complexity index is 384. The average Bonchev–Trinajstić information content (AvgIpc) is 2.75. The number of nitrogens with zero attached hydrogens (tertiary/aromatic N) is 2. The highest BCUT2D eigenvalue weighted by Gasteiger charge is 2.20. The van der Waals surface area contributed by atoms with Crippen molar-refractivity contribution in [3.63, 3.8) is 0 Å². The Balaban J connectivity index is 1.76. The second kappa shape index (κ2) is 5.13. The number of aromatic amines is 1. The number of nitrogen functional groups attached to an aromatic ring is 1. The molecule has 1 heterocycles. The third-order valence-corrected chi connectivity index (χ3v) is 3.09. The fourth-order valence-electron chi connectivity index (χ4n) is 2.05. The molecule has 0 atom stereocenters. The van der Waals surface area contributed by atoms with Gasteiger partial charge in [-0.15, -0.1) is 5.10 Å². The zero-order chi connectivity index (χ0) is 12.3. The van der Waals surface area contributed by atoms with Crippen LogP contribution in [0.3, 0.4) is 0 Å². The standard InChI is InChI=1S/C10H17N5O2/c11-10-13-8(14-15-10)9(17)12-5-6-1-3-7(16)4-2-6/h6-7,16H,1-5H2,(H,12,17)(H3,11,13,14,15). The Kier molecular flexibility index (Phi) is 3.58. The number of aliphatic hydroxyl groups is 1. The van der Waals surface area contributed by atoms with Gasteiger partial charge in [0.15, 0.2) is 0 Å². The summed E-state index contributed by atoms with van der Waals surface area (Å²) in [6.07, 6.45) is 3.35. The fraction of sp³-hybridized carbons (Fsp3) is 0.700. The zero-order valence-corrected chi connectivity index (χ0v) is 9.52. The molecule has 2 rings (SSSR count). The lowest BCUT2D eigenvalue weighted by atomic mass is 9.87. The van der Waals surface area contributed by atoms with Gasteiger partial charge in [-0.2, -0.15) is 4.98 Å². The SMILES string of the molecule is Nc1n[nH]c(C(=O)NCC2CCC(O)CC2)n1. The number of nitrogens with one attached hydrogen (secondary N) is 2. The smallest absolute Gasteiger partial charge is 0.288 e. The number of carbonyl (C=O) groups excluding carboxylic acids is 1. The summed E-state index contributed by atoms with van der Waals surface area (Å²) in [4.78, 5) is 15.4. The van der Waals surface area contributed by atoms with Crippen molar-refractivity contribution in [2.24, 2.45) is 5.92 Å². The average molecular weight is 239 g/mol. The summed E-state index contributed by atoms with van der Waals surface area (Å²) in [5.41, 5.74) is 5.31. The minimum Gasteiger partial charge on any atom is -0.393 e. The van der Waals surface area contributed by atoms with Gasteiger partial charge < -0.3 is 16.2 Å². The second-order valence-corrected chi connectivity index (χ2v) is 4.43. The van der Waals surface area contributed by atoms with E-state index in [0.29, 0.717) is 12.5 Å². The van der Waals surface area contributed by atoms with Gasteiger partial charge in [0.05, 0.1) is 6.10 Å². The van der Waals surface area contributed by atoms with Crippen molar-refractivity contribution in [1.29, 1.82) is 0 Å². The third kappa shape index (κ3) is 3.16. The molecule has 1 saturated carbocycles. The minimum absolute atomic E-state index is 0.0657. The van der Waals surface area contributed by atoms with Crippen LogP contribution in [0.5, 0.6) is 0 Å². The lowest BCUT2D eigenvalue weighted by Gasteiger charge is -2.25. The van der Waals surface area contributed by atoms with E-state index >= 15 is 0 Å². The molecular formula is C10H17N5O2. The van der Waals surface area contributed by atoms with E-state index in [4.69, 9.17) is 5.73 Å². The van der Waals surface area contributed by atoms with E-state index in [-0.39, 0.29) is 23.8 Å². The maximum absolute atomic E-state index is 11.6. The van der Waals surface area contributed by atoms with Crippen molar-refractivity contribution in [2.75, 3.05) is 12.3 Å². The molecule has 1 aliphatic rings. The quantitative estimate of drug-likeness (QED) is 0.576. The van der Waals surface area contributed by atoms with Crippen molar-refractivity contribution in [3.8, 4) is 0 Å². The number of nitrogens with two attached hydrogens (primary N) is 1.